The highest BCUT2D eigenvalue weighted by molar-refractivity contribution is 5.82. The molecule has 92 valence electrons. The molecule has 1 unspecified atom stereocenters. The second-order valence-corrected chi connectivity index (χ2v) is 4.60. The van der Waals surface area contributed by atoms with Crippen LogP contribution in [0.2, 0.25) is 0 Å². The first-order valence-corrected chi connectivity index (χ1v) is 6.05. The van der Waals surface area contributed by atoms with Crippen LogP contribution in [0, 0.1) is 5.92 Å². The van der Waals surface area contributed by atoms with E-state index in [0.717, 1.165) is 38.0 Å². The number of aldehydes is 1. The molecule has 4 nitrogen and oxygen atoms in total. The number of nitrogens with zero attached hydrogens (tertiary/aromatic N) is 2. The van der Waals surface area contributed by atoms with E-state index in [2.05, 4.69) is 9.88 Å². The molecule has 1 fully saturated rings. The maximum atomic E-state index is 10.9. The van der Waals surface area contributed by atoms with Crippen molar-refractivity contribution in [2.45, 2.75) is 25.9 Å². The van der Waals surface area contributed by atoms with E-state index in [1.807, 2.05) is 6.92 Å². The minimum Gasteiger partial charge on any atom is -0.393 e. The molecule has 0 bridgehead atoms. The summed E-state index contributed by atoms with van der Waals surface area (Å²) in [6.07, 6.45) is 4.22. The number of pyridine rings is 1. The third-order valence-electron chi connectivity index (χ3n) is 3.47. The van der Waals surface area contributed by atoms with E-state index in [4.69, 9.17) is 0 Å². The molecule has 2 rings (SSSR count). The first-order valence-electron chi connectivity index (χ1n) is 6.05. The lowest BCUT2D eigenvalue weighted by atomic mass is 9.92. The molecule has 1 aliphatic rings. The third-order valence-corrected chi connectivity index (χ3v) is 3.47. The second kappa shape index (κ2) is 5.27. The zero-order chi connectivity index (χ0) is 12.3. The van der Waals surface area contributed by atoms with Crippen LogP contribution in [0.25, 0.3) is 0 Å². The van der Waals surface area contributed by atoms with Gasteiger partial charge in [0.25, 0.3) is 0 Å². The number of hydrogen-bond donors (Lipinski definition) is 1. The standard InChI is InChI=1S/C13H18N2O2/c1-10(17)11-4-7-15(8-5-11)13-12(9-16)3-2-6-14-13/h2-3,6,9-11,17H,4-5,7-8H2,1H3. The van der Waals surface area contributed by atoms with Gasteiger partial charge in [0.05, 0.1) is 11.7 Å². The van der Waals surface area contributed by atoms with Gasteiger partial charge in [-0.3, -0.25) is 4.79 Å². The van der Waals surface area contributed by atoms with Crippen molar-refractivity contribution in [3.05, 3.63) is 23.9 Å². The van der Waals surface area contributed by atoms with Gasteiger partial charge >= 0.3 is 0 Å². The van der Waals surface area contributed by atoms with Gasteiger partial charge in [0.1, 0.15) is 5.82 Å². The van der Waals surface area contributed by atoms with E-state index < -0.39 is 0 Å². The molecule has 1 aromatic rings. The molecule has 2 heterocycles. The average Bonchev–Trinajstić information content (AvgIpc) is 2.39. The van der Waals surface area contributed by atoms with Crippen LogP contribution in [0.3, 0.4) is 0 Å². The van der Waals surface area contributed by atoms with Gasteiger partial charge in [-0.1, -0.05) is 0 Å². The number of anilines is 1. The van der Waals surface area contributed by atoms with Crippen LogP contribution in [-0.2, 0) is 0 Å². The normalized spacial score (nSPS) is 19.1. The summed E-state index contributed by atoms with van der Waals surface area (Å²) >= 11 is 0. The summed E-state index contributed by atoms with van der Waals surface area (Å²) < 4.78 is 0. The highest BCUT2D eigenvalue weighted by atomic mass is 16.3. The van der Waals surface area contributed by atoms with Gasteiger partial charge in [0.2, 0.25) is 0 Å². The van der Waals surface area contributed by atoms with Gasteiger partial charge in [0.15, 0.2) is 6.29 Å². The van der Waals surface area contributed by atoms with E-state index >= 15 is 0 Å². The summed E-state index contributed by atoms with van der Waals surface area (Å²) in [7, 11) is 0. The maximum Gasteiger partial charge on any atom is 0.153 e. The van der Waals surface area contributed by atoms with E-state index in [9.17, 15) is 9.90 Å². The monoisotopic (exact) mass is 234 g/mol. The van der Waals surface area contributed by atoms with Crippen LogP contribution >= 0.6 is 0 Å². The van der Waals surface area contributed by atoms with Gasteiger partial charge in [-0.25, -0.2) is 4.98 Å². The van der Waals surface area contributed by atoms with Crippen molar-refractivity contribution in [1.29, 1.82) is 0 Å². The third kappa shape index (κ3) is 2.64. The second-order valence-electron chi connectivity index (χ2n) is 4.60. The summed E-state index contributed by atoms with van der Waals surface area (Å²) in [6, 6.07) is 3.56. The molecular formula is C13H18N2O2. The predicted octanol–water partition coefficient (Wildman–Crippen LogP) is 1.49. The fourth-order valence-electron chi connectivity index (χ4n) is 2.36. The quantitative estimate of drug-likeness (QED) is 0.805. The van der Waals surface area contributed by atoms with E-state index in [1.54, 1.807) is 18.3 Å². The summed E-state index contributed by atoms with van der Waals surface area (Å²) in [5, 5.41) is 9.54. The predicted molar refractivity (Wildman–Crippen MR) is 66.2 cm³/mol. The molecule has 1 N–H and O–H groups in total. The van der Waals surface area contributed by atoms with Crippen molar-refractivity contribution in [1.82, 2.24) is 4.98 Å². The van der Waals surface area contributed by atoms with Gasteiger partial charge in [0, 0.05) is 19.3 Å². The van der Waals surface area contributed by atoms with Crippen LogP contribution in [0.1, 0.15) is 30.1 Å². The molecule has 17 heavy (non-hydrogen) atoms. The topological polar surface area (TPSA) is 53.4 Å². The largest absolute Gasteiger partial charge is 0.393 e. The summed E-state index contributed by atoms with van der Waals surface area (Å²) in [5.74, 6) is 1.14. The number of piperidine rings is 1. The number of aromatic nitrogens is 1. The van der Waals surface area contributed by atoms with Gasteiger partial charge in [-0.05, 0) is 37.8 Å². The molecule has 1 saturated heterocycles. The molecule has 0 aliphatic carbocycles. The number of aliphatic hydroxyl groups is 1. The van der Waals surface area contributed by atoms with E-state index in [0.29, 0.717) is 11.5 Å². The highest BCUT2D eigenvalue weighted by Gasteiger charge is 2.24. The zero-order valence-electron chi connectivity index (χ0n) is 10.0. The Morgan fingerprint density at radius 1 is 1.53 bits per heavy atom. The van der Waals surface area contributed by atoms with Crippen LogP contribution in [0.4, 0.5) is 5.82 Å². The Labute approximate surface area is 101 Å². The lowest BCUT2D eigenvalue weighted by molar-refractivity contribution is 0.109. The minimum atomic E-state index is -0.244. The van der Waals surface area contributed by atoms with Gasteiger partial charge in [-0.2, -0.15) is 0 Å². The smallest absolute Gasteiger partial charge is 0.153 e. The lowest BCUT2D eigenvalue weighted by Crippen LogP contribution is -2.37. The van der Waals surface area contributed by atoms with Crippen LogP contribution in [0.15, 0.2) is 18.3 Å². The number of aliphatic hydroxyl groups excluding tert-OH is 1. The number of carbonyl (C=O) groups excluding carboxylic acids is 1. The summed E-state index contributed by atoms with van der Waals surface area (Å²) in [6.45, 7) is 3.55. The average molecular weight is 234 g/mol. The molecule has 0 spiro atoms. The number of carbonyl (C=O) groups is 1. The van der Waals surface area contributed by atoms with Crippen molar-refractivity contribution in [2.75, 3.05) is 18.0 Å². The Balaban J connectivity index is 2.07. The molecule has 0 amide bonds. The van der Waals surface area contributed by atoms with Crippen molar-refractivity contribution < 1.29 is 9.90 Å². The molecule has 0 radical (unpaired) electrons. The SMILES string of the molecule is CC(O)C1CCN(c2ncccc2C=O)CC1. The summed E-state index contributed by atoms with van der Waals surface area (Å²) in [5.41, 5.74) is 0.642. The Bertz CT molecular complexity index is 385. The van der Waals surface area contributed by atoms with E-state index in [1.165, 1.54) is 0 Å². The highest BCUT2D eigenvalue weighted by Crippen LogP contribution is 2.25. The number of hydrogen-bond acceptors (Lipinski definition) is 4. The minimum absolute atomic E-state index is 0.244. The van der Waals surface area contributed by atoms with Crippen LogP contribution in [-0.4, -0.2) is 35.6 Å². The van der Waals surface area contributed by atoms with Crippen molar-refractivity contribution >= 4 is 12.1 Å². The molecule has 1 atom stereocenters. The van der Waals surface area contributed by atoms with Gasteiger partial charge < -0.3 is 10.0 Å². The van der Waals surface area contributed by atoms with Gasteiger partial charge in [-0.15, -0.1) is 0 Å². The molecule has 0 aromatic carbocycles. The number of rotatable bonds is 3. The maximum absolute atomic E-state index is 10.9. The van der Waals surface area contributed by atoms with Crippen LogP contribution < -0.4 is 4.90 Å². The first-order chi connectivity index (χ1) is 8.22. The molecular weight excluding hydrogens is 216 g/mol. The van der Waals surface area contributed by atoms with Crippen molar-refractivity contribution in [3.8, 4) is 0 Å². The fourth-order valence-corrected chi connectivity index (χ4v) is 2.36. The molecule has 1 aliphatic heterocycles. The Kier molecular flexibility index (Phi) is 3.74. The molecule has 1 aromatic heterocycles. The van der Waals surface area contributed by atoms with Crippen molar-refractivity contribution in [3.63, 3.8) is 0 Å². The first kappa shape index (κ1) is 12.0. The molecule has 0 saturated carbocycles. The van der Waals surface area contributed by atoms with Crippen molar-refractivity contribution in [2.24, 2.45) is 5.92 Å². The Hall–Kier alpha value is -1.42. The van der Waals surface area contributed by atoms with E-state index in [-0.39, 0.29) is 6.10 Å². The zero-order valence-corrected chi connectivity index (χ0v) is 10.0. The summed E-state index contributed by atoms with van der Waals surface area (Å²) in [4.78, 5) is 17.3. The fraction of sp³-hybridized carbons (Fsp3) is 0.538. The van der Waals surface area contributed by atoms with Crippen LogP contribution in [0.5, 0.6) is 0 Å². The lowest BCUT2D eigenvalue weighted by Gasteiger charge is -2.34. The Morgan fingerprint density at radius 3 is 2.82 bits per heavy atom. The molecule has 4 heteroatoms. The Morgan fingerprint density at radius 2 is 2.24 bits per heavy atom.